The first-order valence-electron chi connectivity index (χ1n) is 17.5. The second kappa shape index (κ2) is 15.9. The summed E-state index contributed by atoms with van der Waals surface area (Å²) < 4.78 is 33.1. The summed E-state index contributed by atoms with van der Waals surface area (Å²) in [4.78, 5) is 32.2. The highest BCUT2D eigenvalue weighted by Crippen LogP contribution is 2.35. The summed E-state index contributed by atoms with van der Waals surface area (Å²) in [7, 11) is 0. The number of hydrogen-bond acceptors (Lipinski definition) is 16. The van der Waals surface area contributed by atoms with E-state index < -0.39 is 0 Å². The zero-order valence-corrected chi connectivity index (χ0v) is 30.0. The number of nitrogens with one attached hydrogen (secondary N) is 1. The van der Waals surface area contributed by atoms with Gasteiger partial charge in [-0.05, 0) is 60.5 Å². The van der Waals surface area contributed by atoms with Crippen molar-refractivity contribution in [3.8, 4) is 0 Å². The van der Waals surface area contributed by atoms with Gasteiger partial charge in [-0.2, -0.15) is 29.9 Å². The summed E-state index contributed by atoms with van der Waals surface area (Å²) in [5, 5.41) is 3.91. The predicted octanol–water partition coefficient (Wildman–Crippen LogP) is 1.66. The Labute approximate surface area is 305 Å². The Hall–Kier alpha value is -1.99. The molecule has 0 aliphatic carbocycles. The zero-order valence-electron chi connectivity index (χ0n) is 27.7. The molecule has 2 aromatic heterocycles. The highest BCUT2D eigenvalue weighted by atomic mass is 35.5. The van der Waals surface area contributed by atoms with Gasteiger partial charge in [-0.1, -0.05) is 0 Å². The lowest BCUT2D eigenvalue weighted by molar-refractivity contribution is -0.0355. The number of halogens is 3. The van der Waals surface area contributed by atoms with Gasteiger partial charge in [0.2, 0.25) is 33.7 Å². The predicted molar refractivity (Wildman–Crippen MR) is 184 cm³/mol. The molecular weight excluding hydrogens is 715 g/mol. The maximum absolute atomic E-state index is 6.25. The first-order valence-corrected chi connectivity index (χ1v) is 18.7. The average molecular weight is 758 g/mol. The normalized spacial score (nSPS) is 34.3. The number of anilines is 3. The van der Waals surface area contributed by atoms with Crippen LogP contribution in [0.1, 0.15) is 25.7 Å². The summed E-state index contributed by atoms with van der Waals surface area (Å²) in [6.07, 6.45) is 4.43. The van der Waals surface area contributed by atoms with Crippen molar-refractivity contribution in [2.45, 2.75) is 68.0 Å². The minimum Gasteiger partial charge on any atom is -0.380 e. The van der Waals surface area contributed by atoms with Gasteiger partial charge in [0.15, 0.2) is 0 Å². The fourth-order valence-corrected chi connectivity index (χ4v) is 8.67. The Morgan fingerprint density at radius 3 is 1.32 bits per heavy atom. The highest BCUT2D eigenvalue weighted by Gasteiger charge is 2.42. The van der Waals surface area contributed by atoms with Crippen LogP contribution in [0.15, 0.2) is 0 Å². The molecule has 19 heteroatoms. The van der Waals surface area contributed by atoms with Crippen molar-refractivity contribution in [3.63, 3.8) is 0 Å². The molecule has 6 bridgehead atoms. The number of aromatic nitrogens is 6. The molecule has 8 aliphatic rings. The van der Waals surface area contributed by atoms with Gasteiger partial charge in [0, 0.05) is 18.5 Å². The summed E-state index contributed by atoms with van der Waals surface area (Å²) >= 11 is 17.8. The average Bonchev–Trinajstić information content (AvgIpc) is 3.67. The molecule has 1 N–H and O–H groups in total. The third kappa shape index (κ3) is 7.70. The lowest BCUT2D eigenvalue weighted by Gasteiger charge is -2.45. The van der Waals surface area contributed by atoms with Crippen molar-refractivity contribution >= 4 is 52.6 Å². The molecule has 8 aliphatic heterocycles. The van der Waals surface area contributed by atoms with Crippen molar-refractivity contribution in [2.75, 3.05) is 101 Å². The molecule has 0 amide bonds. The second-order valence-corrected chi connectivity index (χ2v) is 14.8. The number of fused-ring (bicyclic) bond motifs is 7. The topological polar surface area (TPSA) is 154 Å². The number of nitrogens with zero attached hydrogens (tertiary/aromatic N) is 9. The fraction of sp³-hybridized carbons (Fsp3) is 0.806. The molecule has 2 aromatic rings. The van der Waals surface area contributed by atoms with Crippen LogP contribution in [0.2, 0.25) is 15.9 Å². The molecule has 6 unspecified atom stereocenters. The monoisotopic (exact) mass is 756 g/mol. The molecule has 6 atom stereocenters. The van der Waals surface area contributed by atoms with Gasteiger partial charge in [0.1, 0.15) is 0 Å². The molecule has 274 valence electrons. The highest BCUT2D eigenvalue weighted by molar-refractivity contribution is 6.31. The summed E-state index contributed by atoms with van der Waals surface area (Å²) in [6.45, 7) is 9.83. The molecule has 16 nitrogen and oxygen atoms in total. The summed E-state index contributed by atoms with van der Waals surface area (Å²) in [5.74, 6) is 2.48. The van der Waals surface area contributed by atoms with Crippen molar-refractivity contribution in [1.29, 1.82) is 0 Å². The Kier molecular flexibility index (Phi) is 11.2. The van der Waals surface area contributed by atoms with Gasteiger partial charge in [-0.3, -0.25) is 0 Å². The van der Waals surface area contributed by atoms with E-state index in [2.05, 4.69) is 44.9 Å². The first kappa shape index (κ1) is 35.1. The quantitative estimate of drug-likeness (QED) is 0.482. The van der Waals surface area contributed by atoms with E-state index in [-0.39, 0.29) is 27.9 Å². The van der Waals surface area contributed by atoms with Crippen molar-refractivity contribution in [2.24, 2.45) is 5.92 Å². The smallest absolute Gasteiger partial charge is 0.232 e. The minimum atomic E-state index is 0.130. The minimum absolute atomic E-state index is 0.130. The molecule has 0 aromatic carbocycles. The Bertz CT molecular complexity index is 1390. The molecule has 50 heavy (non-hydrogen) atoms. The SMILES string of the molecule is C1COCC2COCC2N1.Clc1nc(Cl)nc(N2C3CCC2COC3)n1.Clc1nc(N2C3CCC2COC3)nc(N2C3COCC2COC3)n1. The van der Waals surface area contributed by atoms with E-state index in [0.717, 1.165) is 85.1 Å². The Balaban J connectivity index is 0.000000119. The summed E-state index contributed by atoms with van der Waals surface area (Å²) in [6, 6.07) is 2.17. The molecule has 8 fully saturated rings. The Morgan fingerprint density at radius 1 is 0.440 bits per heavy atom. The van der Waals surface area contributed by atoms with Gasteiger partial charge in [-0.25, -0.2) is 0 Å². The lowest BCUT2D eigenvalue weighted by atomic mass is 10.1. The molecule has 10 heterocycles. The molecular formula is C31H43Cl3N10O6. The second-order valence-electron chi connectivity index (χ2n) is 13.8. The van der Waals surface area contributed by atoms with Crippen molar-refractivity contribution in [3.05, 3.63) is 15.9 Å². The van der Waals surface area contributed by atoms with Crippen LogP contribution in [0.4, 0.5) is 17.8 Å². The van der Waals surface area contributed by atoms with Gasteiger partial charge in [0.05, 0.1) is 116 Å². The van der Waals surface area contributed by atoms with Gasteiger partial charge >= 0.3 is 0 Å². The van der Waals surface area contributed by atoms with Crippen molar-refractivity contribution in [1.82, 2.24) is 35.2 Å². The number of ether oxygens (including phenoxy) is 6. The summed E-state index contributed by atoms with van der Waals surface area (Å²) in [5.41, 5.74) is 0. The van der Waals surface area contributed by atoms with Crippen LogP contribution in [0.25, 0.3) is 0 Å². The number of morpholine rings is 4. The van der Waals surface area contributed by atoms with Gasteiger partial charge < -0.3 is 48.4 Å². The largest absolute Gasteiger partial charge is 0.380 e. The van der Waals surface area contributed by atoms with Crippen LogP contribution in [-0.4, -0.2) is 158 Å². The van der Waals surface area contributed by atoms with E-state index in [1.165, 1.54) is 0 Å². The van der Waals surface area contributed by atoms with E-state index in [4.69, 9.17) is 68.2 Å². The van der Waals surface area contributed by atoms with Gasteiger partial charge in [0.25, 0.3) is 0 Å². The lowest BCUT2D eigenvalue weighted by Crippen LogP contribution is -2.60. The maximum atomic E-state index is 6.25. The van der Waals surface area contributed by atoms with E-state index in [1.807, 2.05) is 0 Å². The van der Waals surface area contributed by atoms with E-state index >= 15 is 0 Å². The molecule has 8 saturated heterocycles. The molecule has 10 rings (SSSR count). The zero-order chi connectivity index (χ0) is 34.0. The van der Waals surface area contributed by atoms with Crippen LogP contribution in [-0.2, 0) is 28.4 Å². The van der Waals surface area contributed by atoms with Crippen LogP contribution in [0.3, 0.4) is 0 Å². The molecule has 0 radical (unpaired) electrons. The first-order chi connectivity index (χ1) is 24.5. The third-order valence-corrected chi connectivity index (χ3v) is 11.0. The number of rotatable bonds is 3. The van der Waals surface area contributed by atoms with Crippen molar-refractivity contribution < 1.29 is 28.4 Å². The number of hydrogen-bond donors (Lipinski definition) is 1. The van der Waals surface area contributed by atoms with E-state index in [9.17, 15) is 0 Å². The maximum Gasteiger partial charge on any atom is 0.232 e. The van der Waals surface area contributed by atoms with Crippen LogP contribution >= 0.6 is 34.8 Å². The van der Waals surface area contributed by atoms with Gasteiger partial charge in [-0.15, -0.1) is 0 Å². The van der Waals surface area contributed by atoms with E-state index in [1.54, 1.807) is 0 Å². The fourth-order valence-electron chi connectivity index (χ4n) is 8.16. The van der Waals surface area contributed by atoms with Crippen LogP contribution in [0, 0.1) is 5.92 Å². The van der Waals surface area contributed by atoms with Crippen LogP contribution < -0.4 is 20.0 Å². The molecule has 0 saturated carbocycles. The molecule has 0 spiro atoms. The standard InChI is InChI=1S/C15H20ClN5O3.C9H10Cl2N4O.C7H13NO2/c16-13-17-14(20-9-1-2-10(20)4-22-3-9)19-15(18-13)21-11-5-23-7-12(21)8-24-6-11;10-7-12-8(11)14-9(13-7)15-5-1-2-6(15)4-16-3-5;1-2-9-3-6-4-10-5-7(6)8-1/h9-12H,1-8H2;5-6H,1-4H2;6-8H,1-5H2. The van der Waals surface area contributed by atoms with E-state index in [0.29, 0.717) is 80.4 Å². The Morgan fingerprint density at radius 2 is 0.820 bits per heavy atom. The third-order valence-electron chi connectivity index (χ3n) is 10.5. The van der Waals surface area contributed by atoms with Crippen LogP contribution in [0.5, 0.6) is 0 Å².